The summed E-state index contributed by atoms with van der Waals surface area (Å²) < 4.78 is 44.3. The zero-order valence-corrected chi connectivity index (χ0v) is 31.8. The molecule has 7 rings (SSSR count). The Kier molecular flexibility index (Phi) is 8.69. The fourth-order valence-corrected chi connectivity index (χ4v) is 12.0. The number of hydrogen-bond donors (Lipinski definition) is 2. The van der Waals surface area contributed by atoms with Crippen LogP contribution in [0.4, 0.5) is 0 Å². The zero-order chi connectivity index (χ0) is 36.6. The zero-order valence-electron chi connectivity index (χ0n) is 30.0. The number of nitrogens with zero attached hydrogens (tertiary/aromatic N) is 3. The number of H-pyrrole nitrogens is 1. The Labute approximate surface area is 298 Å². The number of carbonyl (C=O) groups is 3. The second-order valence-electron chi connectivity index (χ2n) is 15.5. The first-order chi connectivity index (χ1) is 23.9. The summed E-state index contributed by atoms with van der Waals surface area (Å²) in [5.41, 5.74) is 3.54. The molecular formula is C37H45N5O7SSi. The van der Waals surface area contributed by atoms with Gasteiger partial charge in [-0.1, -0.05) is 56.0 Å². The molecule has 4 atom stereocenters. The standard InChI is InChI=1S/C37H45N5O7SSi/c1-22(43)42-20-28(39-50(46,47)16-17-51(5,6)7)33-34(49-37(2,3)48-33)30(42)21-41-19-26(24-13-9-11-15-29(24)41)32-31(35(44)40(4)36(32)45)25-18-38-27-14-10-8-12-23(25)27/h8-15,18-19,28,30,33-34,38-39H,16-17,20-21H2,1-7H3/t28-,30-,33+,34+/m0/s1. The van der Waals surface area contributed by atoms with Crippen molar-refractivity contribution in [2.24, 2.45) is 0 Å². The van der Waals surface area contributed by atoms with Gasteiger partial charge in [-0.05, 0) is 32.0 Å². The first-order valence-corrected chi connectivity index (χ1v) is 22.6. The summed E-state index contributed by atoms with van der Waals surface area (Å²) in [5, 5.41) is 1.61. The van der Waals surface area contributed by atoms with Gasteiger partial charge in [0.15, 0.2) is 5.79 Å². The van der Waals surface area contributed by atoms with E-state index in [2.05, 4.69) is 29.3 Å². The van der Waals surface area contributed by atoms with Crippen LogP contribution in [0.1, 0.15) is 31.9 Å². The van der Waals surface area contributed by atoms with Crippen LogP contribution in [0.2, 0.25) is 25.7 Å². The molecule has 0 saturated carbocycles. The van der Waals surface area contributed by atoms with Crippen LogP contribution < -0.4 is 4.72 Å². The minimum Gasteiger partial charge on any atom is -0.361 e. The number of hydrogen-bond acceptors (Lipinski definition) is 7. The van der Waals surface area contributed by atoms with E-state index in [9.17, 15) is 22.8 Å². The van der Waals surface area contributed by atoms with Crippen molar-refractivity contribution in [3.63, 3.8) is 0 Å². The number of ether oxygens (including phenoxy) is 2. The molecule has 2 fully saturated rings. The average Bonchev–Trinajstić information content (AvgIpc) is 3.79. The van der Waals surface area contributed by atoms with Crippen LogP contribution in [0.25, 0.3) is 33.0 Å². The molecule has 2 saturated heterocycles. The Bertz CT molecular complexity index is 2220. The maximum atomic E-state index is 13.9. The van der Waals surface area contributed by atoms with Crippen molar-refractivity contribution in [2.45, 2.75) is 83.1 Å². The molecule has 51 heavy (non-hydrogen) atoms. The molecule has 5 heterocycles. The Morgan fingerprint density at radius 2 is 1.59 bits per heavy atom. The number of nitrogens with one attached hydrogen (secondary N) is 2. The molecule has 3 aliphatic heterocycles. The summed E-state index contributed by atoms with van der Waals surface area (Å²) in [6.07, 6.45) is 2.33. The molecule has 14 heteroatoms. The number of aromatic nitrogens is 2. The lowest BCUT2D eigenvalue weighted by Gasteiger charge is -2.45. The number of piperidine rings is 1. The van der Waals surface area contributed by atoms with Gasteiger partial charge >= 0.3 is 0 Å². The molecule has 4 aromatic rings. The van der Waals surface area contributed by atoms with E-state index >= 15 is 0 Å². The SMILES string of the molecule is CC(=O)N1C[C@H](NS(=O)(=O)CC[Si](C)(C)C)[C@H]2OC(C)(C)O[C@@H]2[C@@H]1Cn1cc(C2=C(c3c[nH]c4ccccc34)C(=O)N(C)C2=O)c2ccccc21. The second kappa shape index (κ2) is 12.5. The minimum atomic E-state index is -3.67. The lowest BCUT2D eigenvalue weighted by molar-refractivity contribution is -0.152. The Morgan fingerprint density at radius 3 is 2.27 bits per heavy atom. The molecular weight excluding hydrogens is 687 g/mol. The van der Waals surface area contributed by atoms with Crippen LogP contribution in [0, 0.1) is 0 Å². The lowest BCUT2D eigenvalue weighted by Crippen LogP contribution is -2.66. The predicted octanol–water partition coefficient (Wildman–Crippen LogP) is 4.41. The number of likely N-dealkylation sites (N-methyl/N-ethyl adjacent to an activating group) is 1. The fraction of sp³-hybridized carbons (Fsp3) is 0.432. The van der Waals surface area contributed by atoms with E-state index in [1.54, 1.807) is 24.9 Å². The summed E-state index contributed by atoms with van der Waals surface area (Å²) in [6, 6.07) is 14.7. The highest BCUT2D eigenvalue weighted by atomic mass is 32.2. The Hall–Kier alpha value is -4.08. The van der Waals surface area contributed by atoms with Gasteiger partial charge in [0.05, 0.1) is 29.0 Å². The largest absolute Gasteiger partial charge is 0.361 e. The second-order valence-corrected chi connectivity index (χ2v) is 23.0. The smallest absolute Gasteiger partial charge is 0.261 e. The van der Waals surface area contributed by atoms with Crippen LogP contribution in [0.3, 0.4) is 0 Å². The normalized spacial score (nSPS) is 24.0. The maximum Gasteiger partial charge on any atom is 0.261 e. The number of rotatable bonds is 9. The summed E-state index contributed by atoms with van der Waals surface area (Å²) >= 11 is 0. The number of sulfonamides is 1. The highest BCUT2D eigenvalue weighted by molar-refractivity contribution is 7.89. The average molecular weight is 732 g/mol. The third kappa shape index (κ3) is 6.48. The Balaban J connectivity index is 1.29. The van der Waals surface area contributed by atoms with E-state index in [1.807, 2.05) is 59.3 Å². The van der Waals surface area contributed by atoms with Crippen LogP contribution in [-0.4, -0.2) is 103 Å². The fourth-order valence-electron chi connectivity index (χ4n) is 7.67. The van der Waals surface area contributed by atoms with Crippen molar-refractivity contribution in [1.82, 2.24) is 24.1 Å². The minimum absolute atomic E-state index is 0.00922. The summed E-state index contributed by atoms with van der Waals surface area (Å²) in [7, 11) is -3.81. The van der Waals surface area contributed by atoms with Crippen molar-refractivity contribution >= 4 is 68.8 Å². The first-order valence-electron chi connectivity index (χ1n) is 17.3. The molecule has 0 bridgehead atoms. The summed E-state index contributed by atoms with van der Waals surface area (Å²) in [6.45, 7) is 11.8. The van der Waals surface area contributed by atoms with Crippen LogP contribution >= 0.6 is 0 Å². The number of benzene rings is 2. The van der Waals surface area contributed by atoms with Crippen molar-refractivity contribution in [3.8, 4) is 0 Å². The van der Waals surface area contributed by atoms with E-state index in [0.717, 1.165) is 26.7 Å². The van der Waals surface area contributed by atoms with Gasteiger partial charge in [-0.25, -0.2) is 13.1 Å². The van der Waals surface area contributed by atoms with Crippen molar-refractivity contribution in [2.75, 3.05) is 19.3 Å². The van der Waals surface area contributed by atoms with Crippen molar-refractivity contribution < 1.29 is 32.3 Å². The summed E-state index contributed by atoms with van der Waals surface area (Å²) in [5.74, 6) is -2.02. The number of imide groups is 1. The summed E-state index contributed by atoms with van der Waals surface area (Å²) in [4.78, 5) is 47.0. The molecule has 0 unspecified atom stereocenters. The molecule has 12 nitrogen and oxygen atoms in total. The molecule has 3 aliphatic rings. The monoisotopic (exact) mass is 731 g/mol. The third-order valence-corrected chi connectivity index (χ3v) is 13.7. The van der Waals surface area contributed by atoms with Gasteiger partial charge in [0.25, 0.3) is 11.8 Å². The molecule has 270 valence electrons. The highest BCUT2D eigenvalue weighted by Crippen LogP contribution is 2.42. The maximum absolute atomic E-state index is 13.9. The first kappa shape index (κ1) is 35.3. The molecule has 0 aliphatic carbocycles. The Morgan fingerprint density at radius 1 is 0.961 bits per heavy atom. The van der Waals surface area contributed by atoms with Crippen molar-refractivity contribution in [3.05, 3.63) is 72.1 Å². The topological polar surface area (TPSA) is 143 Å². The molecule has 2 aromatic carbocycles. The van der Waals surface area contributed by atoms with Gasteiger partial charge in [-0.2, -0.15) is 0 Å². The van der Waals surface area contributed by atoms with Crippen LogP contribution in [0.15, 0.2) is 60.9 Å². The number of para-hydroxylation sites is 2. The van der Waals surface area contributed by atoms with E-state index in [4.69, 9.17) is 9.47 Å². The van der Waals surface area contributed by atoms with E-state index in [1.165, 1.54) is 14.0 Å². The van der Waals surface area contributed by atoms with Gasteiger partial charge < -0.3 is 23.9 Å². The number of likely N-dealkylation sites (tertiary alicyclic amines) is 1. The lowest BCUT2D eigenvalue weighted by atomic mass is 9.92. The number of carbonyl (C=O) groups excluding carboxylic acids is 3. The van der Waals surface area contributed by atoms with Gasteiger partial charge in [0, 0.05) is 80.5 Å². The molecule has 3 amide bonds. The predicted molar refractivity (Wildman–Crippen MR) is 199 cm³/mol. The van der Waals surface area contributed by atoms with Crippen LogP contribution in [-0.2, 0) is 40.4 Å². The highest BCUT2D eigenvalue weighted by Gasteiger charge is 2.55. The van der Waals surface area contributed by atoms with Crippen LogP contribution in [0.5, 0.6) is 0 Å². The van der Waals surface area contributed by atoms with Gasteiger partial charge in [0.1, 0.15) is 12.2 Å². The van der Waals surface area contributed by atoms with Gasteiger partial charge in [-0.3, -0.25) is 19.3 Å². The van der Waals surface area contributed by atoms with E-state index < -0.39 is 54.1 Å². The quantitative estimate of drug-likeness (QED) is 0.192. The number of amides is 3. The third-order valence-electron chi connectivity index (χ3n) is 10.2. The van der Waals surface area contributed by atoms with Crippen molar-refractivity contribution in [1.29, 1.82) is 0 Å². The molecule has 0 radical (unpaired) electrons. The molecule has 2 N–H and O–H groups in total. The van der Waals surface area contributed by atoms with Gasteiger partial charge in [-0.15, -0.1) is 0 Å². The van der Waals surface area contributed by atoms with E-state index in [-0.39, 0.29) is 30.7 Å². The van der Waals surface area contributed by atoms with E-state index in [0.29, 0.717) is 28.3 Å². The number of aromatic amines is 1. The molecule has 0 spiro atoms. The van der Waals surface area contributed by atoms with Gasteiger partial charge in [0.2, 0.25) is 15.9 Å². The number of fused-ring (bicyclic) bond motifs is 3. The molecule has 2 aromatic heterocycles.